The van der Waals surface area contributed by atoms with Gasteiger partial charge in [0, 0.05) is 17.3 Å². The molecule has 1 N–H and O–H groups in total. The van der Waals surface area contributed by atoms with E-state index in [0.29, 0.717) is 21.9 Å². The fraction of sp³-hybridized carbons (Fsp3) is 0.174. The largest absolute Gasteiger partial charge is 0.588 e. The van der Waals surface area contributed by atoms with Crippen molar-refractivity contribution in [3.8, 4) is 5.75 Å². The van der Waals surface area contributed by atoms with E-state index >= 15 is 0 Å². The molecule has 148 valence electrons. The first-order valence-corrected chi connectivity index (χ1v) is 10.6. The van der Waals surface area contributed by atoms with E-state index in [-0.39, 0.29) is 5.91 Å². The van der Waals surface area contributed by atoms with Gasteiger partial charge >= 0.3 is 0 Å². The van der Waals surface area contributed by atoms with E-state index < -0.39 is 11.4 Å². The number of para-hydroxylation sites is 1. The first kappa shape index (κ1) is 19.4. The lowest BCUT2D eigenvalue weighted by atomic mass is 10.0. The van der Waals surface area contributed by atoms with Crippen LogP contribution in [0, 0.1) is 0 Å². The molecule has 6 heteroatoms. The minimum Gasteiger partial charge on any atom is -0.588 e. The second kappa shape index (κ2) is 8.59. The van der Waals surface area contributed by atoms with Crippen LogP contribution in [-0.2, 0) is 17.8 Å². The predicted molar refractivity (Wildman–Crippen MR) is 116 cm³/mol. The molecule has 4 rings (SSSR count). The minimum atomic E-state index is -1.31. The van der Waals surface area contributed by atoms with Gasteiger partial charge in [0.2, 0.25) is 0 Å². The number of carbonyl (C=O) groups is 1. The topological polar surface area (TPSA) is 64.6 Å². The van der Waals surface area contributed by atoms with Gasteiger partial charge in [-0.2, -0.15) is 4.31 Å². The first-order valence-electron chi connectivity index (χ1n) is 9.48. The van der Waals surface area contributed by atoms with Crippen molar-refractivity contribution in [3.63, 3.8) is 0 Å². The summed E-state index contributed by atoms with van der Waals surface area (Å²) in [6, 6.07) is 22.2. The molecule has 0 saturated heterocycles. The molecule has 3 aromatic rings. The number of rotatable bonds is 5. The van der Waals surface area contributed by atoms with Crippen molar-refractivity contribution in [2.75, 3.05) is 23.3 Å². The smallest absolute Gasteiger partial charge is 0.255 e. The number of hydrogen-bond donors (Lipinski definition) is 1. The van der Waals surface area contributed by atoms with Gasteiger partial charge in [-0.25, -0.2) is 0 Å². The standard InChI is InChI=1S/C23H22N2O3S/c1-28-20-9-4-8-19(16-20)24-23(26)18-11-13-21(14-12-18)29(27)25-15-5-7-17-6-2-3-10-22(17)25/h2-4,6,8-14,16H,5,7,15H2,1H3,(H,24,26). The fourth-order valence-electron chi connectivity index (χ4n) is 3.43. The third kappa shape index (κ3) is 4.23. The lowest BCUT2D eigenvalue weighted by Gasteiger charge is -2.30. The molecule has 0 spiro atoms. The highest BCUT2D eigenvalue weighted by Gasteiger charge is 2.28. The van der Waals surface area contributed by atoms with Gasteiger partial charge < -0.3 is 14.6 Å². The Hall–Kier alpha value is -2.96. The zero-order chi connectivity index (χ0) is 20.2. The van der Waals surface area contributed by atoms with E-state index in [1.54, 1.807) is 43.5 Å². The third-order valence-corrected chi connectivity index (χ3v) is 6.37. The van der Waals surface area contributed by atoms with Gasteiger partial charge in [0.15, 0.2) is 4.90 Å². The number of benzene rings is 3. The number of hydrogen-bond acceptors (Lipinski definition) is 4. The van der Waals surface area contributed by atoms with Crippen LogP contribution in [0.15, 0.2) is 77.7 Å². The average Bonchev–Trinajstić information content (AvgIpc) is 2.78. The molecule has 0 saturated carbocycles. The van der Waals surface area contributed by atoms with Crippen LogP contribution in [0.3, 0.4) is 0 Å². The lowest BCUT2D eigenvalue weighted by Crippen LogP contribution is -2.35. The number of carbonyl (C=O) groups excluding carboxylic acids is 1. The minimum absolute atomic E-state index is 0.223. The molecule has 0 aliphatic carbocycles. The van der Waals surface area contributed by atoms with Gasteiger partial charge in [-0.1, -0.05) is 24.3 Å². The molecular weight excluding hydrogens is 384 g/mol. The van der Waals surface area contributed by atoms with Crippen LogP contribution in [0.1, 0.15) is 22.3 Å². The van der Waals surface area contributed by atoms with Crippen molar-refractivity contribution in [1.29, 1.82) is 0 Å². The summed E-state index contributed by atoms with van der Waals surface area (Å²) in [5.41, 5.74) is 3.41. The maximum Gasteiger partial charge on any atom is 0.255 e. The van der Waals surface area contributed by atoms with E-state index in [9.17, 15) is 9.35 Å². The Bertz CT molecular complexity index is 1010. The van der Waals surface area contributed by atoms with Gasteiger partial charge in [0.25, 0.3) is 5.91 Å². The Kier molecular flexibility index (Phi) is 5.74. The Morgan fingerprint density at radius 3 is 2.66 bits per heavy atom. The van der Waals surface area contributed by atoms with Crippen molar-refractivity contribution in [2.24, 2.45) is 0 Å². The van der Waals surface area contributed by atoms with E-state index in [1.165, 1.54) is 5.56 Å². The zero-order valence-electron chi connectivity index (χ0n) is 16.1. The molecule has 5 nitrogen and oxygen atoms in total. The maximum atomic E-state index is 13.1. The Morgan fingerprint density at radius 2 is 1.86 bits per heavy atom. The number of fused-ring (bicyclic) bond motifs is 1. The maximum absolute atomic E-state index is 13.1. The quantitative estimate of drug-likeness (QED) is 0.637. The second-order valence-corrected chi connectivity index (χ2v) is 8.20. The third-order valence-electron chi connectivity index (χ3n) is 4.91. The summed E-state index contributed by atoms with van der Waals surface area (Å²) in [5, 5.41) is 2.85. The number of methoxy groups -OCH3 is 1. The van der Waals surface area contributed by atoms with Crippen molar-refractivity contribution in [3.05, 3.63) is 83.9 Å². The predicted octanol–water partition coefficient (Wildman–Crippen LogP) is 4.42. The molecule has 1 unspecified atom stereocenters. The van der Waals surface area contributed by atoms with Gasteiger partial charge in [-0.3, -0.25) is 4.79 Å². The van der Waals surface area contributed by atoms with E-state index in [2.05, 4.69) is 11.4 Å². The highest BCUT2D eigenvalue weighted by atomic mass is 32.2. The summed E-state index contributed by atoms with van der Waals surface area (Å²) in [6.07, 6.45) is 1.98. The monoisotopic (exact) mass is 406 g/mol. The molecular formula is C23H22N2O3S. The zero-order valence-corrected chi connectivity index (χ0v) is 16.9. The summed E-state index contributed by atoms with van der Waals surface area (Å²) in [6.45, 7) is 0.752. The molecule has 1 atom stereocenters. The number of nitrogens with zero attached hydrogens (tertiary/aromatic N) is 1. The van der Waals surface area contributed by atoms with E-state index in [1.807, 2.05) is 34.6 Å². The summed E-state index contributed by atoms with van der Waals surface area (Å²) >= 11 is -1.31. The van der Waals surface area contributed by atoms with Crippen LogP contribution < -0.4 is 14.4 Å². The molecule has 1 aliphatic rings. The Morgan fingerprint density at radius 1 is 1.07 bits per heavy atom. The summed E-state index contributed by atoms with van der Waals surface area (Å²) in [7, 11) is 1.58. The van der Waals surface area contributed by atoms with Crippen LogP contribution in [0.4, 0.5) is 11.4 Å². The van der Waals surface area contributed by atoms with Gasteiger partial charge in [-0.05, 0) is 60.9 Å². The molecule has 1 aliphatic heterocycles. The molecule has 29 heavy (non-hydrogen) atoms. The molecule has 1 heterocycles. The molecule has 1 amide bonds. The average molecular weight is 407 g/mol. The second-order valence-electron chi connectivity index (χ2n) is 6.79. The first-order chi connectivity index (χ1) is 14.2. The molecule has 0 aromatic heterocycles. The number of nitrogens with one attached hydrogen (secondary N) is 1. The highest BCUT2D eigenvalue weighted by molar-refractivity contribution is 7.92. The van der Waals surface area contributed by atoms with Crippen LogP contribution in [-0.4, -0.2) is 24.1 Å². The van der Waals surface area contributed by atoms with Crippen molar-refractivity contribution in [2.45, 2.75) is 17.7 Å². The molecule has 3 aromatic carbocycles. The fourth-order valence-corrected chi connectivity index (χ4v) is 4.70. The van der Waals surface area contributed by atoms with Gasteiger partial charge in [0.05, 0.1) is 19.3 Å². The summed E-state index contributed by atoms with van der Waals surface area (Å²) < 4.78 is 20.2. The van der Waals surface area contributed by atoms with Crippen molar-refractivity contribution < 1.29 is 14.1 Å². The Labute approximate surface area is 173 Å². The van der Waals surface area contributed by atoms with Gasteiger partial charge in [-0.15, -0.1) is 0 Å². The van der Waals surface area contributed by atoms with E-state index in [0.717, 1.165) is 25.1 Å². The molecule has 0 fully saturated rings. The summed E-state index contributed by atoms with van der Waals surface area (Å²) in [5.74, 6) is 0.453. The lowest BCUT2D eigenvalue weighted by molar-refractivity contribution is 0.102. The van der Waals surface area contributed by atoms with Crippen molar-refractivity contribution in [1.82, 2.24) is 0 Å². The molecule has 0 radical (unpaired) electrons. The van der Waals surface area contributed by atoms with Gasteiger partial charge in [0.1, 0.15) is 17.1 Å². The number of amides is 1. The number of anilines is 2. The number of ether oxygens (including phenoxy) is 1. The SMILES string of the molecule is COc1cccc(NC(=O)c2ccc([S+]([O-])N3CCCc4ccccc43)cc2)c1. The highest BCUT2D eigenvalue weighted by Crippen LogP contribution is 2.31. The summed E-state index contributed by atoms with van der Waals surface area (Å²) in [4.78, 5) is 13.2. The van der Waals surface area contributed by atoms with Crippen LogP contribution >= 0.6 is 0 Å². The normalized spacial score (nSPS) is 14.1. The van der Waals surface area contributed by atoms with Crippen molar-refractivity contribution >= 4 is 28.6 Å². The molecule has 0 bridgehead atoms. The van der Waals surface area contributed by atoms with Crippen LogP contribution in [0.5, 0.6) is 5.75 Å². The Balaban J connectivity index is 1.48. The van der Waals surface area contributed by atoms with Crippen LogP contribution in [0.2, 0.25) is 0 Å². The van der Waals surface area contributed by atoms with E-state index in [4.69, 9.17) is 4.74 Å². The van der Waals surface area contributed by atoms with Crippen LogP contribution in [0.25, 0.3) is 0 Å². The number of aryl methyl sites for hydroxylation is 1.